The van der Waals surface area contributed by atoms with Crippen LogP contribution in [0.5, 0.6) is 0 Å². The third-order valence-electron chi connectivity index (χ3n) is 6.17. The van der Waals surface area contributed by atoms with Crippen LogP contribution in [0.4, 0.5) is 36.3 Å². The fourth-order valence-electron chi connectivity index (χ4n) is 3.90. The van der Waals surface area contributed by atoms with E-state index in [1.807, 2.05) is 19.1 Å². The molecule has 1 aliphatic rings. The van der Waals surface area contributed by atoms with Gasteiger partial charge in [-0.25, -0.2) is 4.98 Å². The second-order valence-corrected chi connectivity index (χ2v) is 9.01. The lowest BCUT2D eigenvalue weighted by Gasteiger charge is -2.34. The summed E-state index contributed by atoms with van der Waals surface area (Å²) in [5.41, 5.74) is 7.34. The number of unbranched alkanes of at least 4 members (excludes halogenated alkanes) is 5. The second-order valence-electron chi connectivity index (χ2n) is 9.01. The lowest BCUT2D eigenvalue weighted by Crippen LogP contribution is -2.44. The zero-order valence-corrected chi connectivity index (χ0v) is 21.6. The maximum absolute atomic E-state index is 12.8. The number of hydrogen-bond donors (Lipinski definition) is 2. The molecule has 0 atom stereocenters. The van der Waals surface area contributed by atoms with E-state index in [1.54, 1.807) is 0 Å². The topological polar surface area (TPSA) is 70.3 Å². The lowest BCUT2D eigenvalue weighted by molar-refractivity contribution is -0.137. The summed E-state index contributed by atoms with van der Waals surface area (Å²) in [6.45, 7) is 10.5. The Kier molecular flexibility index (Phi) is 11.6. The first kappa shape index (κ1) is 28.7. The number of nitrogens with one attached hydrogen (secondary N) is 1. The fourth-order valence-corrected chi connectivity index (χ4v) is 3.90. The smallest absolute Gasteiger partial charge is 0.383 e. The van der Waals surface area contributed by atoms with Gasteiger partial charge < -0.3 is 20.9 Å². The van der Waals surface area contributed by atoms with Crippen LogP contribution in [-0.4, -0.2) is 48.1 Å². The van der Waals surface area contributed by atoms with Gasteiger partial charge in [-0.1, -0.05) is 59.3 Å². The van der Waals surface area contributed by atoms with Crippen molar-refractivity contribution in [2.24, 2.45) is 0 Å². The van der Waals surface area contributed by atoms with Crippen molar-refractivity contribution in [1.82, 2.24) is 14.9 Å². The summed E-state index contributed by atoms with van der Waals surface area (Å²) in [6.07, 6.45) is 5.39. The van der Waals surface area contributed by atoms with Crippen LogP contribution in [0.3, 0.4) is 0 Å². The van der Waals surface area contributed by atoms with Gasteiger partial charge in [0, 0.05) is 43.8 Å². The van der Waals surface area contributed by atoms with Crippen molar-refractivity contribution >= 4 is 23.1 Å². The van der Waals surface area contributed by atoms with E-state index in [2.05, 4.69) is 52.0 Å². The van der Waals surface area contributed by atoms with Gasteiger partial charge in [-0.3, -0.25) is 0 Å². The molecule has 0 unspecified atom stereocenters. The average Bonchev–Trinajstić information content (AvgIpc) is 2.82. The molecule has 1 aromatic heterocycles. The van der Waals surface area contributed by atoms with E-state index in [9.17, 15) is 13.2 Å². The predicted octanol–water partition coefficient (Wildman–Crippen LogP) is 6.50. The molecule has 6 nitrogen and oxygen atoms in total. The Bertz CT molecular complexity index is 889. The molecule has 2 aromatic rings. The monoisotopic (exact) mass is 494 g/mol. The summed E-state index contributed by atoms with van der Waals surface area (Å²) >= 11 is 0. The highest BCUT2D eigenvalue weighted by molar-refractivity contribution is 5.65. The molecule has 0 aliphatic carbocycles. The van der Waals surface area contributed by atoms with E-state index in [0.29, 0.717) is 6.20 Å². The van der Waals surface area contributed by atoms with Gasteiger partial charge in [0.15, 0.2) is 0 Å². The zero-order chi connectivity index (χ0) is 25.8. The molecular formula is C26H41F3N6. The number of nitrogens with zero attached hydrogens (tertiary/aromatic N) is 4. The number of anilines is 4. The number of benzene rings is 1. The standard InChI is InChI=1S/C18H23F3N6.C8H18/c1-3-12-10-13(27-8-6-26(2)7-9-27)4-5-15(12)24-17-23-11-14(16(22)25-17)18(19,20)21;1-3-5-7-8-6-4-2/h4-5,10-11H,3,6-9H2,1-2H3,(H3,22,23,24,25);3-8H2,1-2H3. The third-order valence-corrected chi connectivity index (χ3v) is 6.17. The van der Waals surface area contributed by atoms with Crippen LogP contribution in [0.2, 0.25) is 0 Å². The molecule has 1 aliphatic heterocycles. The first-order chi connectivity index (χ1) is 16.7. The quantitative estimate of drug-likeness (QED) is 0.388. The molecule has 0 spiro atoms. The van der Waals surface area contributed by atoms with Gasteiger partial charge in [0.25, 0.3) is 0 Å². The molecule has 35 heavy (non-hydrogen) atoms. The number of piperazine rings is 1. The highest BCUT2D eigenvalue weighted by atomic mass is 19.4. The van der Waals surface area contributed by atoms with Crippen molar-refractivity contribution in [3.63, 3.8) is 0 Å². The van der Waals surface area contributed by atoms with Crippen molar-refractivity contribution in [3.8, 4) is 0 Å². The lowest BCUT2D eigenvalue weighted by atomic mass is 10.1. The first-order valence-electron chi connectivity index (χ1n) is 12.7. The summed E-state index contributed by atoms with van der Waals surface area (Å²) in [5, 5.41) is 2.98. The minimum absolute atomic E-state index is 0.0440. The molecule has 0 saturated carbocycles. The van der Waals surface area contributed by atoms with E-state index in [1.165, 1.54) is 38.5 Å². The predicted molar refractivity (Wildman–Crippen MR) is 139 cm³/mol. The minimum atomic E-state index is -4.57. The number of rotatable bonds is 9. The zero-order valence-electron chi connectivity index (χ0n) is 21.6. The van der Waals surface area contributed by atoms with Crippen molar-refractivity contribution in [1.29, 1.82) is 0 Å². The van der Waals surface area contributed by atoms with Gasteiger partial charge in [0.1, 0.15) is 11.4 Å². The maximum atomic E-state index is 12.8. The van der Waals surface area contributed by atoms with Crippen LogP contribution in [0.25, 0.3) is 0 Å². The number of halogens is 3. The SMILES string of the molecule is CCCCCCCC.CCc1cc(N2CCN(C)CC2)ccc1Nc1ncc(C(F)(F)F)c(N)n1. The Balaban J connectivity index is 0.000000466. The maximum Gasteiger partial charge on any atom is 0.421 e. The molecule has 1 fully saturated rings. The molecule has 196 valence electrons. The van der Waals surface area contributed by atoms with Crippen molar-refractivity contribution in [2.45, 2.75) is 71.9 Å². The van der Waals surface area contributed by atoms with Crippen LogP contribution in [-0.2, 0) is 12.6 Å². The number of alkyl halides is 3. The Morgan fingerprint density at radius 3 is 2.11 bits per heavy atom. The summed E-state index contributed by atoms with van der Waals surface area (Å²) < 4.78 is 38.4. The molecule has 1 aromatic carbocycles. The van der Waals surface area contributed by atoms with Gasteiger partial charge in [-0.15, -0.1) is 0 Å². The van der Waals surface area contributed by atoms with Gasteiger partial charge in [0.2, 0.25) is 5.95 Å². The summed E-state index contributed by atoms with van der Waals surface area (Å²) in [7, 11) is 2.11. The molecule has 1 saturated heterocycles. The minimum Gasteiger partial charge on any atom is -0.383 e. The van der Waals surface area contributed by atoms with Gasteiger partial charge in [-0.05, 0) is 37.2 Å². The number of aryl methyl sites for hydroxylation is 1. The first-order valence-corrected chi connectivity index (χ1v) is 12.7. The second kappa shape index (κ2) is 14.1. The summed E-state index contributed by atoms with van der Waals surface area (Å²) in [6, 6.07) is 6.01. The molecule has 3 N–H and O–H groups in total. The van der Waals surface area contributed by atoms with Crippen molar-refractivity contribution < 1.29 is 13.2 Å². The third kappa shape index (κ3) is 9.20. The molecule has 0 radical (unpaired) electrons. The van der Waals surface area contributed by atoms with Crippen molar-refractivity contribution in [3.05, 3.63) is 35.5 Å². The molecule has 9 heteroatoms. The Morgan fingerprint density at radius 2 is 1.60 bits per heavy atom. The summed E-state index contributed by atoms with van der Waals surface area (Å²) in [5.74, 6) is -0.547. The highest BCUT2D eigenvalue weighted by Crippen LogP contribution is 2.33. The van der Waals surface area contributed by atoms with E-state index in [4.69, 9.17) is 5.73 Å². The van der Waals surface area contributed by atoms with E-state index < -0.39 is 17.6 Å². The fraction of sp³-hybridized carbons (Fsp3) is 0.615. The molecule has 3 rings (SSSR count). The molecule has 0 bridgehead atoms. The Hall–Kier alpha value is -2.55. The van der Waals surface area contributed by atoms with Crippen LogP contribution in [0, 0.1) is 0 Å². The van der Waals surface area contributed by atoms with Gasteiger partial charge >= 0.3 is 6.18 Å². The van der Waals surface area contributed by atoms with Crippen LogP contribution < -0.4 is 16.0 Å². The van der Waals surface area contributed by atoms with Crippen molar-refractivity contribution in [2.75, 3.05) is 49.2 Å². The van der Waals surface area contributed by atoms with Crippen LogP contribution >= 0.6 is 0 Å². The van der Waals surface area contributed by atoms with Gasteiger partial charge in [-0.2, -0.15) is 18.2 Å². The number of nitrogen functional groups attached to an aromatic ring is 1. The average molecular weight is 495 g/mol. The van der Waals surface area contributed by atoms with Gasteiger partial charge in [0.05, 0.1) is 0 Å². The highest BCUT2D eigenvalue weighted by Gasteiger charge is 2.34. The largest absolute Gasteiger partial charge is 0.421 e. The molecule has 0 amide bonds. The summed E-state index contributed by atoms with van der Waals surface area (Å²) in [4.78, 5) is 12.1. The van der Waals surface area contributed by atoms with Crippen LogP contribution in [0.15, 0.2) is 24.4 Å². The number of likely N-dealkylation sites (N-methyl/N-ethyl adjacent to an activating group) is 1. The normalized spacial score (nSPS) is 14.4. The van der Waals surface area contributed by atoms with E-state index >= 15 is 0 Å². The number of hydrogen-bond acceptors (Lipinski definition) is 6. The number of nitrogens with two attached hydrogens (primary N) is 1. The Labute approximate surface area is 208 Å². The van der Waals surface area contributed by atoms with Crippen LogP contribution in [0.1, 0.15) is 70.4 Å². The Morgan fingerprint density at radius 1 is 0.971 bits per heavy atom. The van der Waals surface area contributed by atoms with E-state index in [0.717, 1.165) is 49.5 Å². The molecular weight excluding hydrogens is 453 g/mol. The molecule has 2 heterocycles. The van der Waals surface area contributed by atoms with E-state index in [-0.39, 0.29) is 5.95 Å². The number of aromatic nitrogens is 2.